The Kier molecular flexibility index (Phi) is 8.49. The fraction of sp³-hybridized carbons (Fsp3) is 0.655. The number of carbonyl (C=O) groups is 3. The monoisotopic (exact) mass is 612 g/mol. The summed E-state index contributed by atoms with van der Waals surface area (Å²) < 4.78 is 54.0. The van der Waals surface area contributed by atoms with E-state index in [0.29, 0.717) is 37.3 Å². The van der Waals surface area contributed by atoms with E-state index in [1.807, 2.05) is 6.92 Å². The first kappa shape index (κ1) is 31.8. The van der Waals surface area contributed by atoms with E-state index in [0.717, 1.165) is 18.6 Å². The fourth-order valence-electron chi connectivity index (χ4n) is 5.57. The van der Waals surface area contributed by atoms with Crippen molar-refractivity contribution < 1.29 is 37.0 Å². The van der Waals surface area contributed by atoms with Gasteiger partial charge in [0, 0.05) is 37.6 Å². The second kappa shape index (κ2) is 11.2. The molecule has 42 heavy (non-hydrogen) atoms. The molecule has 3 amide bonds. The van der Waals surface area contributed by atoms with Gasteiger partial charge in [-0.2, -0.15) is 13.2 Å². The van der Waals surface area contributed by atoms with Gasteiger partial charge in [0.05, 0.1) is 21.8 Å². The second-order valence-corrected chi connectivity index (χ2v) is 13.2. The summed E-state index contributed by atoms with van der Waals surface area (Å²) in [6.07, 6.45) is -2.74. The lowest BCUT2D eigenvalue weighted by atomic mass is 9.94. The van der Waals surface area contributed by atoms with Crippen LogP contribution in [0.1, 0.15) is 83.1 Å². The Morgan fingerprint density at radius 1 is 1.21 bits per heavy atom. The van der Waals surface area contributed by atoms with Crippen LogP contribution in [0.4, 0.5) is 23.7 Å². The lowest BCUT2D eigenvalue weighted by Gasteiger charge is -2.39. The number of thiocarbonyl (C=S) groups is 1. The van der Waals surface area contributed by atoms with Crippen LogP contribution in [0.25, 0.3) is 0 Å². The number of hydrogen-bond acceptors (Lipinski definition) is 6. The van der Waals surface area contributed by atoms with E-state index in [1.165, 1.54) is 18.7 Å². The molecular weight excluding hydrogens is 573 g/mol. The maximum Gasteiger partial charge on any atom is 0.417 e. The largest absolute Gasteiger partial charge is 0.476 e. The highest BCUT2D eigenvalue weighted by molar-refractivity contribution is 7.80. The second-order valence-electron chi connectivity index (χ2n) is 12.7. The molecule has 9 nitrogen and oxygen atoms in total. The van der Waals surface area contributed by atoms with Gasteiger partial charge < -0.3 is 29.9 Å². The zero-order valence-electron chi connectivity index (χ0n) is 24.9. The summed E-state index contributed by atoms with van der Waals surface area (Å²) in [7, 11) is 0. The van der Waals surface area contributed by atoms with Gasteiger partial charge in [-0.3, -0.25) is 9.59 Å². The van der Waals surface area contributed by atoms with E-state index in [1.54, 1.807) is 25.7 Å². The average Bonchev–Trinajstić information content (AvgIpc) is 3.52. The Labute approximate surface area is 249 Å². The molecule has 2 atom stereocenters. The molecule has 4 rings (SSSR count). The first-order valence-electron chi connectivity index (χ1n) is 14.2. The molecule has 2 aliphatic heterocycles. The first-order chi connectivity index (χ1) is 19.4. The molecule has 13 heteroatoms. The van der Waals surface area contributed by atoms with Crippen LogP contribution in [0, 0.1) is 5.41 Å². The van der Waals surface area contributed by atoms with Crippen LogP contribution >= 0.6 is 12.2 Å². The smallest absolute Gasteiger partial charge is 0.417 e. The highest BCUT2D eigenvalue weighted by atomic mass is 32.1. The predicted octanol–water partition coefficient (Wildman–Crippen LogP) is 5.06. The van der Waals surface area contributed by atoms with Gasteiger partial charge >= 0.3 is 12.3 Å². The Balaban J connectivity index is 1.59. The van der Waals surface area contributed by atoms with Gasteiger partial charge in [-0.25, -0.2) is 4.79 Å². The van der Waals surface area contributed by atoms with E-state index < -0.39 is 57.9 Å². The Morgan fingerprint density at radius 3 is 2.52 bits per heavy atom. The molecular formula is C29H39F3N4O5S. The quantitative estimate of drug-likeness (QED) is 0.434. The van der Waals surface area contributed by atoms with Crippen LogP contribution in [-0.4, -0.2) is 71.2 Å². The van der Waals surface area contributed by atoms with Crippen molar-refractivity contribution in [2.75, 3.05) is 31.1 Å². The molecule has 2 fully saturated rings. The number of amides is 3. The van der Waals surface area contributed by atoms with Crippen molar-refractivity contribution in [3.63, 3.8) is 0 Å². The van der Waals surface area contributed by atoms with Gasteiger partial charge in [0.25, 0.3) is 11.8 Å². The summed E-state index contributed by atoms with van der Waals surface area (Å²) in [4.78, 5) is 42.9. The van der Waals surface area contributed by atoms with Gasteiger partial charge in [0.2, 0.25) is 0 Å². The first-order valence-corrected chi connectivity index (χ1v) is 14.6. The maximum absolute atomic E-state index is 14.3. The minimum atomic E-state index is -4.85. The average molecular weight is 613 g/mol. The van der Waals surface area contributed by atoms with Crippen molar-refractivity contribution in [3.8, 4) is 5.75 Å². The number of carbonyl (C=O) groups excluding carboxylic acids is 3. The minimum Gasteiger partial charge on any atom is -0.476 e. The van der Waals surface area contributed by atoms with Crippen LogP contribution in [0.5, 0.6) is 5.75 Å². The van der Waals surface area contributed by atoms with Gasteiger partial charge in [-0.05, 0) is 72.4 Å². The van der Waals surface area contributed by atoms with Crippen LogP contribution in [0.3, 0.4) is 0 Å². The number of alkyl halides is 3. The molecule has 1 saturated carbocycles. The highest BCUT2D eigenvalue weighted by Gasteiger charge is 2.57. The normalized spacial score (nSPS) is 23.2. The molecule has 1 unspecified atom stereocenters. The Morgan fingerprint density at radius 2 is 1.90 bits per heavy atom. The number of piperidine rings is 1. The predicted molar refractivity (Wildman–Crippen MR) is 155 cm³/mol. The number of rotatable bonds is 6. The molecule has 0 radical (unpaired) electrons. The van der Waals surface area contributed by atoms with E-state index in [-0.39, 0.29) is 24.5 Å². The van der Waals surface area contributed by atoms with Crippen molar-refractivity contribution >= 4 is 40.8 Å². The number of likely N-dealkylation sites (tertiary alicyclic amines) is 1. The minimum absolute atomic E-state index is 0.0842. The van der Waals surface area contributed by atoms with E-state index in [2.05, 4.69) is 10.6 Å². The topological polar surface area (TPSA) is 100 Å². The molecule has 1 saturated heterocycles. The third-order valence-electron chi connectivity index (χ3n) is 7.80. The summed E-state index contributed by atoms with van der Waals surface area (Å²) in [6, 6.07) is 1.48. The summed E-state index contributed by atoms with van der Waals surface area (Å²) in [5, 5.41) is 5.80. The summed E-state index contributed by atoms with van der Waals surface area (Å²) in [5.74, 6) is -1.48. The fourth-order valence-corrected chi connectivity index (χ4v) is 5.67. The van der Waals surface area contributed by atoms with Crippen molar-refractivity contribution in [2.45, 2.75) is 90.6 Å². The molecule has 0 bridgehead atoms. The lowest BCUT2D eigenvalue weighted by molar-refractivity contribution is -0.138. The van der Waals surface area contributed by atoms with E-state index in [9.17, 15) is 27.6 Å². The number of nitrogens with one attached hydrogen (secondary N) is 2. The third kappa shape index (κ3) is 6.76. The molecule has 1 spiro atoms. The maximum atomic E-state index is 14.3. The summed E-state index contributed by atoms with van der Waals surface area (Å²) in [6.45, 7) is 11.4. The number of ether oxygens (including phenoxy) is 2. The Hall–Kier alpha value is -3.09. The van der Waals surface area contributed by atoms with Crippen molar-refractivity contribution in [1.29, 1.82) is 0 Å². The van der Waals surface area contributed by atoms with Gasteiger partial charge in [-0.1, -0.05) is 19.1 Å². The van der Waals surface area contributed by atoms with E-state index in [4.69, 9.17) is 21.7 Å². The lowest BCUT2D eigenvalue weighted by Crippen LogP contribution is -2.54. The third-order valence-corrected chi connectivity index (χ3v) is 8.23. The molecule has 2 heterocycles. The van der Waals surface area contributed by atoms with Crippen LogP contribution in [0.2, 0.25) is 0 Å². The standard InChI is InChI=1S/C29H39F3N4O5S/c1-7-22(42)33-10-12-36-19-13-17(18(29(30,31)32)14-20(19)40-27(5,6)24(36)38)23(37)34-21-15-28(21)9-8-11-35(16-28)25(39)41-26(2,3)4/h13-14,21H,7-12,15-16H2,1-6H3,(H,33,42)(H,34,37)/t21?,28-/m0/s1. The highest BCUT2D eigenvalue weighted by Crippen LogP contribution is 2.53. The van der Waals surface area contributed by atoms with Crippen molar-refractivity contribution in [2.24, 2.45) is 5.41 Å². The molecule has 3 aliphatic rings. The van der Waals surface area contributed by atoms with Gasteiger partial charge in [0.15, 0.2) is 5.60 Å². The molecule has 232 valence electrons. The van der Waals surface area contributed by atoms with Gasteiger partial charge in [-0.15, -0.1) is 0 Å². The molecule has 1 aromatic rings. The Bertz CT molecular complexity index is 1280. The summed E-state index contributed by atoms with van der Waals surface area (Å²) >= 11 is 5.18. The van der Waals surface area contributed by atoms with Crippen LogP contribution in [0.15, 0.2) is 12.1 Å². The van der Waals surface area contributed by atoms with Crippen LogP contribution < -0.4 is 20.3 Å². The SMILES string of the molecule is CCC(=S)NCCN1C(=O)C(C)(C)Oc2cc(C(F)(F)F)c(C(=O)NC3C[C@]34CCCN(C(=O)OC(C)(C)C)C4)cc21. The van der Waals surface area contributed by atoms with E-state index >= 15 is 0 Å². The molecule has 0 aromatic heterocycles. The van der Waals surface area contributed by atoms with Crippen LogP contribution in [-0.2, 0) is 15.7 Å². The van der Waals surface area contributed by atoms with Crippen molar-refractivity contribution in [3.05, 3.63) is 23.3 Å². The number of halogens is 3. The summed E-state index contributed by atoms with van der Waals surface area (Å²) in [5.41, 5.74) is -4.15. The van der Waals surface area contributed by atoms with Crippen molar-refractivity contribution in [1.82, 2.24) is 15.5 Å². The number of fused-ring (bicyclic) bond motifs is 1. The van der Waals surface area contributed by atoms with Gasteiger partial charge in [0.1, 0.15) is 11.4 Å². The molecule has 1 aliphatic carbocycles. The zero-order chi connectivity index (χ0) is 31.3. The number of nitrogens with zero attached hydrogens (tertiary/aromatic N) is 2. The number of hydrogen-bond donors (Lipinski definition) is 2. The zero-order valence-corrected chi connectivity index (χ0v) is 25.7. The number of anilines is 1. The molecule has 2 N–H and O–H groups in total. The number of benzene rings is 1. The molecule has 1 aromatic carbocycles.